The molecule has 4 rings (SSSR count). The first-order valence-electron chi connectivity index (χ1n) is 9.60. The second-order valence-corrected chi connectivity index (χ2v) is 10.3. The van der Waals surface area contributed by atoms with Gasteiger partial charge < -0.3 is 4.57 Å². The van der Waals surface area contributed by atoms with Crippen LogP contribution in [0, 0.1) is 11.7 Å². The molecule has 30 heavy (non-hydrogen) atoms. The number of benzene rings is 2. The van der Waals surface area contributed by atoms with Crippen molar-refractivity contribution in [1.29, 1.82) is 0 Å². The smallest absolute Gasteiger partial charge is 0.266 e. The third-order valence-electron chi connectivity index (χ3n) is 4.85. The molecule has 7 heteroatoms. The Morgan fingerprint density at radius 3 is 2.63 bits per heavy atom. The van der Waals surface area contributed by atoms with Crippen LogP contribution in [0.25, 0.3) is 17.0 Å². The fourth-order valence-corrected chi connectivity index (χ4v) is 5.12. The van der Waals surface area contributed by atoms with Crippen LogP contribution >= 0.6 is 39.9 Å². The maximum atomic E-state index is 13.3. The molecule has 0 unspecified atom stereocenters. The van der Waals surface area contributed by atoms with Crippen molar-refractivity contribution in [2.24, 2.45) is 5.92 Å². The Labute approximate surface area is 193 Å². The van der Waals surface area contributed by atoms with E-state index in [-0.39, 0.29) is 11.7 Å². The number of thioether (sulfide) groups is 1. The van der Waals surface area contributed by atoms with Crippen molar-refractivity contribution in [3.8, 4) is 0 Å². The van der Waals surface area contributed by atoms with E-state index in [9.17, 15) is 9.18 Å². The molecule has 3 nitrogen and oxygen atoms in total. The number of fused-ring (bicyclic) bond motifs is 1. The Morgan fingerprint density at radius 1 is 1.20 bits per heavy atom. The lowest BCUT2D eigenvalue weighted by atomic mass is 10.1. The van der Waals surface area contributed by atoms with Crippen molar-refractivity contribution in [1.82, 2.24) is 9.47 Å². The molecule has 0 N–H and O–H groups in total. The topological polar surface area (TPSA) is 25.2 Å². The van der Waals surface area contributed by atoms with E-state index < -0.39 is 0 Å². The minimum Gasteiger partial charge on any atom is -0.342 e. The van der Waals surface area contributed by atoms with Crippen LogP contribution in [0.5, 0.6) is 0 Å². The van der Waals surface area contributed by atoms with Crippen LogP contribution in [0.2, 0.25) is 0 Å². The molecule has 1 amide bonds. The standard InChI is InChI=1S/C23H20BrFN2OS2/c1-14(2)11-27-22(28)21(30-23(27)29)9-16-13-26(12-15-3-6-18(25)7-4-15)20-8-5-17(24)10-19(16)20/h3-10,13-14H,11-12H2,1-2H3/b21-9-. The van der Waals surface area contributed by atoms with Gasteiger partial charge in [-0.3, -0.25) is 9.69 Å². The molecule has 0 aliphatic carbocycles. The van der Waals surface area contributed by atoms with E-state index in [1.807, 2.05) is 24.4 Å². The highest BCUT2D eigenvalue weighted by atomic mass is 79.9. The van der Waals surface area contributed by atoms with Crippen molar-refractivity contribution in [3.63, 3.8) is 0 Å². The molecular weight excluding hydrogens is 483 g/mol. The first-order chi connectivity index (χ1) is 14.3. The third-order valence-corrected chi connectivity index (χ3v) is 6.72. The summed E-state index contributed by atoms with van der Waals surface area (Å²) in [5, 5.41) is 1.04. The Balaban J connectivity index is 1.73. The van der Waals surface area contributed by atoms with Crippen molar-refractivity contribution in [2.75, 3.05) is 6.54 Å². The average molecular weight is 503 g/mol. The van der Waals surface area contributed by atoms with Gasteiger partial charge >= 0.3 is 0 Å². The van der Waals surface area contributed by atoms with Crippen LogP contribution in [-0.2, 0) is 11.3 Å². The van der Waals surface area contributed by atoms with Gasteiger partial charge in [-0.25, -0.2) is 4.39 Å². The summed E-state index contributed by atoms with van der Waals surface area (Å²) in [7, 11) is 0. The molecule has 2 aromatic carbocycles. The number of rotatable bonds is 5. The van der Waals surface area contributed by atoms with Gasteiger partial charge in [0, 0.05) is 40.2 Å². The zero-order valence-electron chi connectivity index (χ0n) is 16.6. The Kier molecular flexibility index (Phi) is 6.14. The molecule has 0 atom stereocenters. The van der Waals surface area contributed by atoms with Crippen LogP contribution in [0.1, 0.15) is 25.0 Å². The Hall–Kier alpha value is -1.96. The van der Waals surface area contributed by atoms with Gasteiger partial charge in [-0.1, -0.05) is 65.9 Å². The van der Waals surface area contributed by atoms with E-state index in [1.54, 1.807) is 17.0 Å². The summed E-state index contributed by atoms with van der Waals surface area (Å²) in [4.78, 5) is 15.2. The Morgan fingerprint density at radius 2 is 1.93 bits per heavy atom. The number of carbonyl (C=O) groups excluding carboxylic acids is 1. The summed E-state index contributed by atoms with van der Waals surface area (Å²) >= 11 is 10.3. The summed E-state index contributed by atoms with van der Waals surface area (Å²) in [5.74, 6) is 0.0673. The van der Waals surface area contributed by atoms with E-state index in [4.69, 9.17) is 12.2 Å². The predicted octanol–water partition coefficient (Wildman–Crippen LogP) is 6.45. The van der Waals surface area contributed by atoms with E-state index in [0.29, 0.717) is 28.2 Å². The van der Waals surface area contributed by atoms with Gasteiger partial charge in [0.1, 0.15) is 10.1 Å². The zero-order valence-corrected chi connectivity index (χ0v) is 19.8. The molecule has 0 radical (unpaired) electrons. The second kappa shape index (κ2) is 8.65. The zero-order chi connectivity index (χ0) is 21.4. The number of nitrogens with zero attached hydrogens (tertiary/aromatic N) is 2. The fourth-order valence-electron chi connectivity index (χ4n) is 3.49. The van der Waals surface area contributed by atoms with Gasteiger partial charge in [0.25, 0.3) is 5.91 Å². The second-order valence-electron chi connectivity index (χ2n) is 7.69. The minimum absolute atomic E-state index is 0.0341. The van der Waals surface area contributed by atoms with Crippen LogP contribution in [0.4, 0.5) is 4.39 Å². The molecule has 1 saturated heterocycles. The molecule has 1 aromatic heterocycles. The molecule has 154 valence electrons. The van der Waals surface area contributed by atoms with Crippen LogP contribution in [0.15, 0.2) is 58.0 Å². The summed E-state index contributed by atoms with van der Waals surface area (Å²) in [6.07, 6.45) is 3.96. The predicted molar refractivity (Wildman–Crippen MR) is 130 cm³/mol. The molecular formula is C23H20BrFN2OS2. The van der Waals surface area contributed by atoms with Crippen molar-refractivity contribution in [3.05, 3.63) is 75.0 Å². The van der Waals surface area contributed by atoms with Crippen LogP contribution in [0.3, 0.4) is 0 Å². The lowest BCUT2D eigenvalue weighted by molar-refractivity contribution is -0.122. The monoisotopic (exact) mass is 502 g/mol. The summed E-state index contributed by atoms with van der Waals surface area (Å²) < 4.78 is 17.0. The van der Waals surface area contributed by atoms with Gasteiger partial charge in [-0.15, -0.1) is 0 Å². The third kappa shape index (κ3) is 4.38. The summed E-state index contributed by atoms with van der Waals surface area (Å²) in [6.45, 7) is 5.38. The van der Waals surface area contributed by atoms with Crippen molar-refractivity contribution < 1.29 is 9.18 Å². The number of halogens is 2. The number of hydrogen-bond acceptors (Lipinski definition) is 3. The normalized spacial score (nSPS) is 15.9. The van der Waals surface area contributed by atoms with Gasteiger partial charge in [-0.2, -0.15) is 0 Å². The first-order valence-corrected chi connectivity index (χ1v) is 11.6. The highest BCUT2D eigenvalue weighted by Crippen LogP contribution is 2.35. The van der Waals surface area contributed by atoms with Crippen molar-refractivity contribution >= 4 is 67.1 Å². The molecule has 1 aliphatic rings. The van der Waals surface area contributed by atoms with Gasteiger partial charge in [-0.05, 0) is 47.9 Å². The van der Waals surface area contributed by atoms with E-state index in [1.165, 1.54) is 23.9 Å². The minimum atomic E-state index is -0.246. The van der Waals surface area contributed by atoms with Gasteiger partial charge in [0.15, 0.2) is 0 Å². The number of aromatic nitrogens is 1. The summed E-state index contributed by atoms with van der Waals surface area (Å²) in [6, 6.07) is 12.6. The largest absolute Gasteiger partial charge is 0.342 e. The molecule has 0 spiro atoms. The SMILES string of the molecule is CC(C)CN1C(=O)/C(=C/c2cn(Cc3ccc(F)cc3)c3ccc(Br)cc23)SC1=S. The van der Waals surface area contributed by atoms with Crippen LogP contribution < -0.4 is 0 Å². The van der Waals surface area contributed by atoms with E-state index in [0.717, 1.165) is 26.5 Å². The molecule has 0 bridgehead atoms. The molecule has 1 aliphatic heterocycles. The highest BCUT2D eigenvalue weighted by molar-refractivity contribution is 9.10. The quantitative estimate of drug-likeness (QED) is 0.296. The van der Waals surface area contributed by atoms with Gasteiger partial charge in [0.2, 0.25) is 0 Å². The molecule has 3 aromatic rings. The van der Waals surface area contributed by atoms with Crippen molar-refractivity contribution in [2.45, 2.75) is 20.4 Å². The first kappa shape index (κ1) is 21.3. The number of hydrogen-bond donors (Lipinski definition) is 0. The summed E-state index contributed by atoms with van der Waals surface area (Å²) in [5.41, 5.74) is 3.01. The van der Waals surface area contributed by atoms with E-state index in [2.05, 4.69) is 40.4 Å². The van der Waals surface area contributed by atoms with Crippen LogP contribution in [-0.4, -0.2) is 26.2 Å². The molecule has 1 fully saturated rings. The lowest BCUT2D eigenvalue weighted by Crippen LogP contribution is -2.31. The lowest BCUT2D eigenvalue weighted by Gasteiger charge is -2.16. The average Bonchev–Trinajstić information content (AvgIpc) is 3.15. The Bertz CT molecular complexity index is 1170. The maximum Gasteiger partial charge on any atom is 0.266 e. The highest BCUT2D eigenvalue weighted by Gasteiger charge is 2.32. The van der Waals surface area contributed by atoms with E-state index >= 15 is 0 Å². The number of amides is 1. The molecule has 0 saturated carbocycles. The maximum absolute atomic E-state index is 13.3. The molecule has 2 heterocycles. The fraction of sp³-hybridized carbons (Fsp3) is 0.217. The van der Waals surface area contributed by atoms with Gasteiger partial charge in [0.05, 0.1) is 4.91 Å². The number of carbonyl (C=O) groups is 1. The number of thiocarbonyl (C=S) groups is 1.